The molecule has 1 aliphatic heterocycles. The lowest BCUT2D eigenvalue weighted by atomic mass is 9.98. The maximum absolute atomic E-state index is 12.1. The molecule has 1 saturated heterocycles. The lowest BCUT2D eigenvalue weighted by molar-refractivity contribution is -0.131. The largest absolute Gasteiger partial charge is 0.345 e. The van der Waals surface area contributed by atoms with Gasteiger partial charge in [0.25, 0.3) is 0 Å². The number of hydrogen-bond donors (Lipinski definition) is 1. The number of anilines is 1. The SMILES string of the molecule is CC(C)C1C(=O)NCC(=O)N1c1cccc(Br)c1. The second-order valence-electron chi connectivity index (χ2n) is 4.65. The Kier molecular flexibility index (Phi) is 3.71. The summed E-state index contributed by atoms with van der Waals surface area (Å²) in [5.74, 6) is -0.107. The Hall–Kier alpha value is -1.36. The molecule has 1 unspecified atom stereocenters. The first-order valence-electron chi connectivity index (χ1n) is 5.86. The molecule has 0 aliphatic carbocycles. The van der Waals surface area contributed by atoms with E-state index in [4.69, 9.17) is 0 Å². The zero-order valence-corrected chi connectivity index (χ0v) is 11.9. The van der Waals surface area contributed by atoms with Gasteiger partial charge in [-0.1, -0.05) is 35.8 Å². The number of benzene rings is 1. The molecule has 2 amide bonds. The highest BCUT2D eigenvalue weighted by atomic mass is 79.9. The summed E-state index contributed by atoms with van der Waals surface area (Å²) in [5.41, 5.74) is 0.753. The molecule has 5 heteroatoms. The standard InChI is InChI=1S/C13H15BrN2O2/c1-8(2)12-13(18)15-7-11(17)16(12)10-5-3-4-9(14)6-10/h3-6,8,12H,7H2,1-2H3,(H,15,18). The molecule has 0 spiro atoms. The van der Waals surface area contributed by atoms with Gasteiger partial charge in [0.15, 0.2) is 0 Å². The van der Waals surface area contributed by atoms with Crippen LogP contribution in [0.2, 0.25) is 0 Å². The Morgan fingerprint density at radius 1 is 1.39 bits per heavy atom. The zero-order valence-electron chi connectivity index (χ0n) is 10.3. The summed E-state index contributed by atoms with van der Waals surface area (Å²) in [6, 6.07) is 7.00. The fourth-order valence-electron chi connectivity index (χ4n) is 2.16. The minimum atomic E-state index is -0.444. The van der Waals surface area contributed by atoms with Crippen LogP contribution in [0.4, 0.5) is 5.69 Å². The molecule has 1 N–H and O–H groups in total. The van der Waals surface area contributed by atoms with Gasteiger partial charge in [-0.3, -0.25) is 14.5 Å². The van der Waals surface area contributed by atoms with Gasteiger partial charge in [-0.05, 0) is 24.1 Å². The lowest BCUT2D eigenvalue weighted by Crippen LogP contribution is -2.60. The number of hydrogen-bond acceptors (Lipinski definition) is 2. The van der Waals surface area contributed by atoms with Crippen LogP contribution in [0.25, 0.3) is 0 Å². The topological polar surface area (TPSA) is 49.4 Å². The highest BCUT2D eigenvalue weighted by molar-refractivity contribution is 9.10. The van der Waals surface area contributed by atoms with Gasteiger partial charge in [0.2, 0.25) is 11.8 Å². The van der Waals surface area contributed by atoms with Gasteiger partial charge in [0, 0.05) is 10.2 Å². The van der Waals surface area contributed by atoms with Crippen molar-refractivity contribution in [1.82, 2.24) is 5.32 Å². The smallest absolute Gasteiger partial charge is 0.247 e. The molecule has 1 aromatic rings. The minimum Gasteiger partial charge on any atom is -0.345 e. The Labute approximate surface area is 114 Å². The first-order chi connectivity index (χ1) is 8.50. The van der Waals surface area contributed by atoms with E-state index in [0.29, 0.717) is 0 Å². The maximum Gasteiger partial charge on any atom is 0.247 e. The summed E-state index contributed by atoms with van der Waals surface area (Å²) in [5, 5.41) is 2.64. The van der Waals surface area contributed by atoms with Crippen LogP contribution in [0, 0.1) is 5.92 Å². The molecule has 18 heavy (non-hydrogen) atoms. The van der Waals surface area contributed by atoms with Crippen LogP contribution >= 0.6 is 15.9 Å². The normalized spacial score (nSPS) is 20.2. The molecule has 4 nitrogen and oxygen atoms in total. The third kappa shape index (κ3) is 2.41. The van der Waals surface area contributed by atoms with Crippen LogP contribution in [0.3, 0.4) is 0 Å². The average Bonchev–Trinajstić information content (AvgIpc) is 2.31. The van der Waals surface area contributed by atoms with Gasteiger partial charge < -0.3 is 5.32 Å². The van der Waals surface area contributed by atoms with Crippen LogP contribution in [-0.4, -0.2) is 24.4 Å². The van der Waals surface area contributed by atoms with E-state index in [0.717, 1.165) is 10.2 Å². The van der Waals surface area contributed by atoms with Crippen LogP contribution in [-0.2, 0) is 9.59 Å². The number of nitrogens with zero attached hydrogens (tertiary/aromatic N) is 1. The Balaban J connectivity index is 2.43. The number of rotatable bonds is 2. The molecule has 0 saturated carbocycles. The highest BCUT2D eigenvalue weighted by Crippen LogP contribution is 2.26. The molecule has 2 rings (SSSR count). The van der Waals surface area contributed by atoms with E-state index in [2.05, 4.69) is 21.2 Å². The summed E-state index contributed by atoms with van der Waals surface area (Å²) in [4.78, 5) is 25.6. The molecule has 1 heterocycles. The summed E-state index contributed by atoms with van der Waals surface area (Å²) >= 11 is 3.38. The highest BCUT2D eigenvalue weighted by Gasteiger charge is 2.37. The van der Waals surface area contributed by atoms with Gasteiger partial charge in [-0.25, -0.2) is 0 Å². The molecule has 0 radical (unpaired) electrons. The van der Waals surface area contributed by atoms with Crippen molar-refractivity contribution in [2.24, 2.45) is 5.92 Å². The van der Waals surface area contributed by atoms with Crippen LogP contribution in [0.5, 0.6) is 0 Å². The van der Waals surface area contributed by atoms with E-state index in [1.54, 1.807) is 4.90 Å². The monoisotopic (exact) mass is 310 g/mol. The summed E-state index contributed by atoms with van der Waals surface area (Å²) in [6.45, 7) is 3.94. The number of halogens is 1. The van der Waals surface area contributed by atoms with Crippen molar-refractivity contribution >= 4 is 33.4 Å². The second kappa shape index (κ2) is 5.10. The quantitative estimate of drug-likeness (QED) is 0.907. The van der Waals surface area contributed by atoms with Crippen molar-refractivity contribution in [2.45, 2.75) is 19.9 Å². The van der Waals surface area contributed by atoms with Crippen molar-refractivity contribution in [3.63, 3.8) is 0 Å². The van der Waals surface area contributed by atoms with Gasteiger partial charge >= 0.3 is 0 Å². The Morgan fingerprint density at radius 2 is 2.11 bits per heavy atom. The Morgan fingerprint density at radius 3 is 2.72 bits per heavy atom. The van der Waals surface area contributed by atoms with Crippen molar-refractivity contribution < 1.29 is 9.59 Å². The average molecular weight is 311 g/mol. The van der Waals surface area contributed by atoms with Gasteiger partial charge in [-0.2, -0.15) is 0 Å². The molecule has 1 fully saturated rings. The van der Waals surface area contributed by atoms with Gasteiger partial charge in [-0.15, -0.1) is 0 Å². The molecule has 96 valence electrons. The molecule has 0 bridgehead atoms. The van der Waals surface area contributed by atoms with Crippen LogP contribution < -0.4 is 10.2 Å². The molecular weight excluding hydrogens is 296 g/mol. The van der Waals surface area contributed by atoms with Gasteiger partial charge in [0.05, 0.1) is 6.54 Å². The number of piperazine rings is 1. The predicted octanol–water partition coefficient (Wildman–Crippen LogP) is 1.94. The van der Waals surface area contributed by atoms with Crippen molar-refractivity contribution in [3.8, 4) is 0 Å². The fourth-order valence-corrected chi connectivity index (χ4v) is 2.54. The van der Waals surface area contributed by atoms with E-state index >= 15 is 0 Å². The first-order valence-corrected chi connectivity index (χ1v) is 6.65. The summed E-state index contributed by atoms with van der Waals surface area (Å²) in [7, 11) is 0. The molecular formula is C13H15BrN2O2. The van der Waals surface area contributed by atoms with E-state index in [1.165, 1.54) is 0 Å². The zero-order chi connectivity index (χ0) is 13.3. The van der Waals surface area contributed by atoms with Crippen LogP contribution in [0.15, 0.2) is 28.7 Å². The predicted molar refractivity (Wildman–Crippen MR) is 73.3 cm³/mol. The van der Waals surface area contributed by atoms with Crippen molar-refractivity contribution in [2.75, 3.05) is 11.4 Å². The number of amides is 2. The van der Waals surface area contributed by atoms with Crippen molar-refractivity contribution in [3.05, 3.63) is 28.7 Å². The minimum absolute atomic E-state index is 0.0632. The molecule has 0 aromatic heterocycles. The van der Waals surface area contributed by atoms with E-state index in [9.17, 15) is 9.59 Å². The van der Waals surface area contributed by atoms with E-state index in [1.807, 2.05) is 38.1 Å². The number of nitrogens with one attached hydrogen (secondary N) is 1. The maximum atomic E-state index is 12.1. The lowest BCUT2D eigenvalue weighted by Gasteiger charge is -2.37. The Bertz CT molecular complexity index is 488. The van der Waals surface area contributed by atoms with Crippen LogP contribution in [0.1, 0.15) is 13.8 Å². The number of carbonyl (C=O) groups excluding carboxylic acids is 2. The second-order valence-corrected chi connectivity index (χ2v) is 5.57. The summed E-state index contributed by atoms with van der Waals surface area (Å²) < 4.78 is 0.890. The molecule has 1 atom stereocenters. The van der Waals surface area contributed by atoms with E-state index in [-0.39, 0.29) is 24.3 Å². The van der Waals surface area contributed by atoms with Crippen molar-refractivity contribution in [1.29, 1.82) is 0 Å². The third-order valence-corrected chi connectivity index (χ3v) is 3.44. The summed E-state index contributed by atoms with van der Waals surface area (Å²) in [6.07, 6.45) is 0. The molecule has 1 aromatic carbocycles. The first kappa shape index (κ1) is 13.1. The van der Waals surface area contributed by atoms with E-state index < -0.39 is 6.04 Å². The fraction of sp³-hybridized carbons (Fsp3) is 0.385. The third-order valence-electron chi connectivity index (χ3n) is 2.95. The number of carbonyl (C=O) groups is 2. The molecule has 1 aliphatic rings. The van der Waals surface area contributed by atoms with Gasteiger partial charge in [0.1, 0.15) is 6.04 Å².